The van der Waals surface area contributed by atoms with Gasteiger partial charge in [-0.3, -0.25) is 4.90 Å². The Kier molecular flexibility index (Phi) is 1.76. The summed E-state index contributed by atoms with van der Waals surface area (Å²) in [6.45, 7) is 1.76. The van der Waals surface area contributed by atoms with E-state index in [9.17, 15) is 0 Å². The van der Waals surface area contributed by atoms with Gasteiger partial charge in [0.25, 0.3) is 0 Å². The molecule has 0 aliphatic heterocycles. The van der Waals surface area contributed by atoms with Crippen LogP contribution in [0.5, 0.6) is 0 Å². The molecule has 0 saturated heterocycles. The van der Waals surface area contributed by atoms with Crippen molar-refractivity contribution in [2.45, 2.75) is 19.3 Å². The van der Waals surface area contributed by atoms with Crippen LogP contribution in [0.3, 0.4) is 0 Å². The molecule has 1 nitrogen and oxygen atoms in total. The maximum Gasteiger partial charge on any atom is 0.0626 e. The number of terminal acetylenes is 1. The number of hydrogen-bond donors (Lipinski definition) is 0. The summed E-state index contributed by atoms with van der Waals surface area (Å²) in [4.78, 5) is 1.56. The number of benzene rings is 1. The van der Waals surface area contributed by atoms with Gasteiger partial charge in [-0.2, -0.15) is 0 Å². The Morgan fingerprint density at radius 3 is 2.79 bits per heavy atom. The Hall–Kier alpha value is -1.26. The third kappa shape index (κ3) is 3.24. The van der Waals surface area contributed by atoms with Gasteiger partial charge < -0.3 is 0 Å². The molecule has 0 aromatic heterocycles. The van der Waals surface area contributed by atoms with Crippen LogP contribution in [-0.4, -0.2) is 24.5 Å². The highest BCUT2D eigenvalue weighted by molar-refractivity contribution is 5.15. The number of nitrogens with zero attached hydrogens (tertiary/aromatic N) is 1. The number of hydrogen-bond acceptors (Lipinski definition) is 1. The molecule has 0 fully saturated rings. The van der Waals surface area contributed by atoms with Crippen LogP contribution >= 0.6 is 0 Å². The van der Waals surface area contributed by atoms with Crippen molar-refractivity contribution < 1.29 is 9.60 Å². The molecular formula is C13H17N. The first-order valence-corrected chi connectivity index (χ1v) is 4.28. The SMILES string of the molecule is [2H]c1c([2H])c([2H])c(C([2H])([2H])[C@@H](C)N(C)CC#C)c([2H])c1[2H]. The Bertz CT molecular complexity index is 562. The lowest BCUT2D eigenvalue weighted by Crippen LogP contribution is -2.31. The Labute approximate surface area is 96.6 Å². The normalized spacial score (nSPS) is 20.6. The van der Waals surface area contributed by atoms with Crippen LogP contribution in [0.1, 0.15) is 22.1 Å². The third-order valence-electron chi connectivity index (χ3n) is 1.86. The molecule has 0 saturated carbocycles. The summed E-state index contributed by atoms with van der Waals surface area (Å²) in [7, 11) is 1.62. The molecule has 1 rings (SSSR count). The molecule has 1 heteroatoms. The lowest BCUT2D eigenvalue weighted by molar-refractivity contribution is 0.287. The van der Waals surface area contributed by atoms with E-state index in [2.05, 4.69) is 5.92 Å². The largest absolute Gasteiger partial charge is 0.292 e. The predicted octanol–water partition coefficient (Wildman–Crippen LogP) is 2.18. The minimum atomic E-state index is -2.14. The van der Waals surface area contributed by atoms with Gasteiger partial charge in [-0.05, 0) is 25.9 Å². The van der Waals surface area contributed by atoms with Gasteiger partial charge in [-0.1, -0.05) is 36.1 Å². The van der Waals surface area contributed by atoms with E-state index < -0.39 is 42.6 Å². The van der Waals surface area contributed by atoms with Gasteiger partial charge >= 0.3 is 0 Å². The zero-order chi connectivity index (χ0) is 16.5. The highest BCUT2D eigenvalue weighted by Gasteiger charge is 2.07. The van der Waals surface area contributed by atoms with Crippen molar-refractivity contribution >= 4 is 0 Å². The maximum absolute atomic E-state index is 8.22. The quantitative estimate of drug-likeness (QED) is 0.664. The van der Waals surface area contributed by atoms with Gasteiger partial charge in [-0.15, -0.1) is 6.42 Å². The molecule has 0 heterocycles. The first-order chi connectivity index (χ1) is 9.57. The zero-order valence-corrected chi connectivity index (χ0v) is 8.31. The first kappa shape index (κ1) is 4.51. The van der Waals surface area contributed by atoms with Crippen LogP contribution < -0.4 is 0 Å². The van der Waals surface area contributed by atoms with Gasteiger partial charge in [0.15, 0.2) is 0 Å². The molecule has 0 aliphatic rings. The van der Waals surface area contributed by atoms with Crippen LogP contribution in [0.4, 0.5) is 0 Å². The Balaban J connectivity index is 3.49. The molecule has 0 unspecified atom stereocenters. The molecule has 0 aliphatic carbocycles. The van der Waals surface area contributed by atoms with E-state index >= 15 is 0 Å². The fourth-order valence-electron chi connectivity index (χ4n) is 0.922. The maximum atomic E-state index is 8.22. The molecule has 14 heavy (non-hydrogen) atoms. The van der Waals surface area contributed by atoms with Crippen molar-refractivity contribution in [2.75, 3.05) is 13.6 Å². The van der Waals surface area contributed by atoms with E-state index in [1.165, 1.54) is 0 Å². The average Bonchev–Trinajstić information content (AvgIpc) is 2.42. The average molecular weight is 194 g/mol. The van der Waals surface area contributed by atoms with Gasteiger partial charge in [0.1, 0.15) is 0 Å². The molecule has 0 amide bonds. The van der Waals surface area contributed by atoms with Crippen LogP contribution in [0.15, 0.2) is 30.2 Å². The molecule has 1 aromatic carbocycles. The van der Waals surface area contributed by atoms with Crippen molar-refractivity contribution in [2.24, 2.45) is 0 Å². The van der Waals surface area contributed by atoms with Crippen LogP contribution in [-0.2, 0) is 6.37 Å². The fraction of sp³-hybridized carbons (Fsp3) is 0.385. The van der Waals surface area contributed by atoms with Crippen molar-refractivity contribution in [3.63, 3.8) is 0 Å². The van der Waals surface area contributed by atoms with E-state index in [0.717, 1.165) is 0 Å². The van der Waals surface area contributed by atoms with E-state index in [1.807, 2.05) is 0 Å². The van der Waals surface area contributed by atoms with E-state index in [0.29, 0.717) is 0 Å². The summed E-state index contributed by atoms with van der Waals surface area (Å²) >= 11 is 0. The monoisotopic (exact) mass is 194 g/mol. The van der Waals surface area contributed by atoms with Crippen LogP contribution in [0.2, 0.25) is 0 Å². The van der Waals surface area contributed by atoms with E-state index in [-0.39, 0.29) is 12.1 Å². The summed E-state index contributed by atoms with van der Waals surface area (Å²) in [5.41, 5.74) is -0.343. The van der Waals surface area contributed by atoms with Crippen molar-refractivity contribution in [3.05, 3.63) is 35.8 Å². The van der Waals surface area contributed by atoms with Crippen molar-refractivity contribution in [3.8, 4) is 12.3 Å². The lowest BCUT2D eigenvalue weighted by atomic mass is 10.1. The van der Waals surface area contributed by atoms with Gasteiger partial charge in [0.2, 0.25) is 0 Å². The summed E-state index contributed by atoms with van der Waals surface area (Å²) in [5, 5.41) is 0. The summed E-state index contributed by atoms with van der Waals surface area (Å²) in [6.07, 6.45) is 3.06. The summed E-state index contributed by atoms with van der Waals surface area (Å²) in [6, 6.07) is -3.41. The second-order valence-electron chi connectivity index (χ2n) is 2.94. The highest BCUT2D eigenvalue weighted by Crippen LogP contribution is 2.06. The zero-order valence-electron chi connectivity index (χ0n) is 15.3. The molecule has 0 bridgehead atoms. The molecule has 74 valence electrons. The van der Waals surface area contributed by atoms with Gasteiger partial charge in [0.05, 0.1) is 13.4 Å². The Morgan fingerprint density at radius 1 is 1.57 bits per heavy atom. The summed E-state index contributed by atoms with van der Waals surface area (Å²) in [5.74, 6) is 2.39. The van der Waals surface area contributed by atoms with E-state index in [4.69, 9.17) is 16.0 Å². The highest BCUT2D eigenvalue weighted by atomic mass is 15.1. The fourth-order valence-corrected chi connectivity index (χ4v) is 0.922. The third-order valence-corrected chi connectivity index (χ3v) is 1.86. The van der Waals surface area contributed by atoms with Gasteiger partial charge in [0, 0.05) is 8.78 Å². The second kappa shape index (κ2) is 5.47. The van der Waals surface area contributed by atoms with E-state index in [1.54, 1.807) is 18.9 Å². The second-order valence-corrected chi connectivity index (χ2v) is 2.94. The topological polar surface area (TPSA) is 3.24 Å². The van der Waals surface area contributed by atoms with Crippen molar-refractivity contribution in [1.29, 1.82) is 0 Å². The predicted molar refractivity (Wildman–Crippen MR) is 61.1 cm³/mol. The Morgan fingerprint density at radius 2 is 2.21 bits per heavy atom. The molecule has 1 aromatic rings. The van der Waals surface area contributed by atoms with Crippen LogP contribution in [0.25, 0.3) is 0 Å². The van der Waals surface area contributed by atoms with Crippen molar-refractivity contribution in [1.82, 2.24) is 4.90 Å². The number of rotatable bonds is 4. The minimum Gasteiger partial charge on any atom is -0.292 e. The number of likely N-dealkylation sites (N-methyl/N-ethyl adjacent to an activating group) is 1. The first-order valence-electron chi connectivity index (χ1n) is 7.78. The molecule has 0 radical (unpaired) electrons. The van der Waals surface area contributed by atoms with Crippen LogP contribution in [0, 0.1) is 12.3 Å². The molecule has 0 spiro atoms. The van der Waals surface area contributed by atoms with Gasteiger partial charge in [-0.25, -0.2) is 0 Å². The lowest BCUT2D eigenvalue weighted by Gasteiger charge is -2.22. The standard InChI is InChI=1S/C13H17N/c1-4-10-14(3)12(2)11-13-8-6-5-7-9-13/h1,5-9,12H,10-11H2,2-3H3/t12-/m1/s1/i5D,6D,7D,8D,9D,11D2. The smallest absolute Gasteiger partial charge is 0.0626 e. The molecule has 0 N–H and O–H groups in total. The minimum absolute atomic E-state index is 0.194. The summed E-state index contributed by atoms with van der Waals surface area (Å²) < 4.78 is 54.9. The molecule has 1 atom stereocenters. The molecular weight excluding hydrogens is 170 g/mol.